The minimum Gasteiger partial charge on any atom is -0.340 e. The van der Waals surface area contributed by atoms with Crippen molar-refractivity contribution in [2.24, 2.45) is 0 Å². The molecule has 2 aromatic carbocycles. The molecule has 0 aliphatic rings. The highest BCUT2D eigenvalue weighted by Crippen LogP contribution is 2.14. The van der Waals surface area contributed by atoms with E-state index in [4.69, 9.17) is 0 Å². The molecule has 0 aliphatic heterocycles. The van der Waals surface area contributed by atoms with E-state index in [9.17, 15) is 13.2 Å². The van der Waals surface area contributed by atoms with Crippen LogP contribution in [0.4, 0.5) is 0 Å². The first-order valence-corrected chi connectivity index (χ1v) is 9.61. The lowest BCUT2D eigenvalue weighted by molar-refractivity contribution is -0.860. The van der Waals surface area contributed by atoms with Crippen molar-refractivity contribution in [3.8, 4) is 0 Å². The number of sulfone groups is 1. The number of quaternary nitrogens is 1. The lowest BCUT2D eigenvalue weighted by Gasteiger charge is -2.21. The standard InChI is InChI=1S/C18H22N2O3S/c1-20(2)13-17(14-7-5-4-6-8-14)19-18(21)15-9-11-16(12-10-15)24(3,22)23/h4-12,17H,13H2,1-3H3,(H,19,21)/p+1/t17-/m0/s1. The highest BCUT2D eigenvalue weighted by atomic mass is 32.2. The minimum absolute atomic E-state index is 0.113. The van der Waals surface area contributed by atoms with E-state index >= 15 is 0 Å². The molecule has 0 radical (unpaired) electrons. The summed E-state index contributed by atoms with van der Waals surface area (Å²) in [5, 5.41) is 3.03. The highest BCUT2D eigenvalue weighted by molar-refractivity contribution is 7.90. The number of nitrogens with one attached hydrogen (secondary N) is 2. The molecule has 0 heterocycles. The average Bonchev–Trinajstić information content (AvgIpc) is 2.54. The zero-order valence-electron chi connectivity index (χ0n) is 14.1. The molecule has 1 amide bonds. The van der Waals surface area contributed by atoms with Crippen molar-refractivity contribution in [2.45, 2.75) is 10.9 Å². The quantitative estimate of drug-likeness (QED) is 0.809. The maximum Gasteiger partial charge on any atom is 0.251 e. The number of carbonyl (C=O) groups excluding carboxylic acids is 1. The van der Waals surface area contributed by atoms with Crippen LogP contribution in [-0.4, -0.2) is 41.2 Å². The third-order valence-electron chi connectivity index (χ3n) is 3.66. The predicted octanol–water partition coefficient (Wildman–Crippen LogP) is 0.706. The van der Waals surface area contributed by atoms with Crippen LogP contribution in [0, 0.1) is 0 Å². The first-order valence-electron chi connectivity index (χ1n) is 7.72. The predicted molar refractivity (Wildman–Crippen MR) is 93.9 cm³/mol. The molecule has 6 heteroatoms. The Hall–Kier alpha value is -2.18. The number of likely N-dealkylation sites (N-methyl/N-ethyl adjacent to an activating group) is 1. The largest absolute Gasteiger partial charge is 0.340 e. The first kappa shape index (κ1) is 18.2. The molecule has 0 bridgehead atoms. The molecule has 0 saturated carbocycles. The van der Waals surface area contributed by atoms with Crippen molar-refractivity contribution in [1.29, 1.82) is 0 Å². The van der Waals surface area contributed by atoms with Gasteiger partial charge in [-0.25, -0.2) is 8.42 Å². The van der Waals surface area contributed by atoms with E-state index in [1.807, 2.05) is 44.4 Å². The maximum atomic E-state index is 12.5. The molecule has 0 aromatic heterocycles. The van der Waals surface area contributed by atoms with Crippen molar-refractivity contribution in [2.75, 3.05) is 26.9 Å². The van der Waals surface area contributed by atoms with Gasteiger partial charge in [0, 0.05) is 11.8 Å². The Labute approximate surface area is 143 Å². The van der Waals surface area contributed by atoms with E-state index in [-0.39, 0.29) is 16.8 Å². The fourth-order valence-electron chi connectivity index (χ4n) is 2.44. The lowest BCUT2D eigenvalue weighted by atomic mass is 10.1. The molecular weight excluding hydrogens is 324 g/mol. The van der Waals surface area contributed by atoms with Gasteiger partial charge in [0.25, 0.3) is 5.91 Å². The van der Waals surface area contributed by atoms with Gasteiger partial charge >= 0.3 is 0 Å². The summed E-state index contributed by atoms with van der Waals surface area (Å²) in [5.41, 5.74) is 1.48. The second-order valence-electron chi connectivity index (χ2n) is 6.14. The summed E-state index contributed by atoms with van der Waals surface area (Å²) in [6.07, 6.45) is 1.15. The SMILES string of the molecule is C[NH+](C)C[C@H](NC(=O)c1ccc(S(C)(=O)=O)cc1)c1ccccc1. The molecule has 128 valence electrons. The fourth-order valence-corrected chi connectivity index (χ4v) is 3.07. The number of amides is 1. The van der Waals surface area contributed by atoms with Crippen LogP contribution in [0.1, 0.15) is 22.0 Å². The summed E-state index contributed by atoms with van der Waals surface area (Å²) < 4.78 is 23.0. The molecule has 0 fully saturated rings. The molecule has 5 nitrogen and oxygen atoms in total. The zero-order chi connectivity index (χ0) is 17.7. The number of benzene rings is 2. The van der Waals surface area contributed by atoms with E-state index in [1.165, 1.54) is 29.2 Å². The smallest absolute Gasteiger partial charge is 0.251 e. The molecular formula is C18H23N2O3S+. The van der Waals surface area contributed by atoms with E-state index in [0.29, 0.717) is 5.56 Å². The van der Waals surface area contributed by atoms with Crippen LogP contribution in [0.2, 0.25) is 0 Å². The molecule has 1 atom stereocenters. The topological polar surface area (TPSA) is 67.7 Å². The number of rotatable bonds is 6. The average molecular weight is 347 g/mol. The Morgan fingerprint density at radius 3 is 2.12 bits per heavy atom. The van der Waals surface area contributed by atoms with E-state index in [2.05, 4.69) is 5.32 Å². The van der Waals surface area contributed by atoms with E-state index in [1.54, 1.807) is 0 Å². The molecule has 24 heavy (non-hydrogen) atoms. The number of hydrogen-bond acceptors (Lipinski definition) is 3. The Morgan fingerprint density at radius 2 is 1.62 bits per heavy atom. The van der Waals surface area contributed by atoms with Crippen molar-refractivity contribution < 1.29 is 18.1 Å². The molecule has 2 rings (SSSR count). The van der Waals surface area contributed by atoms with Crippen molar-refractivity contribution in [3.05, 3.63) is 65.7 Å². The molecule has 2 aromatic rings. The van der Waals surface area contributed by atoms with Crippen LogP contribution in [-0.2, 0) is 9.84 Å². The zero-order valence-corrected chi connectivity index (χ0v) is 14.9. The molecule has 2 N–H and O–H groups in total. The van der Waals surface area contributed by atoms with Crippen molar-refractivity contribution in [3.63, 3.8) is 0 Å². The third kappa shape index (κ3) is 4.91. The van der Waals surface area contributed by atoms with Gasteiger partial charge in [-0.2, -0.15) is 0 Å². The third-order valence-corrected chi connectivity index (χ3v) is 4.79. The first-order chi connectivity index (χ1) is 11.3. The van der Waals surface area contributed by atoms with Crippen LogP contribution in [0.25, 0.3) is 0 Å². The van der Waals surface area contributed by atoms with E-state index in [0.717, 1.165) is 18.4 Å². The van der Waals surface area contributed by atoms with Crippen LogP contribution in [0.5, 0.6) is 0 Å². The van der Waals surface area contributed by atoms with Crippen LogP contribution in [0.15, 0.2) is 59.5 Å². The van der Waals surface area contributed by atoms with Gasteiger partial charge in [0.15, 0.2) is 9.84 Å². The molecule has 0 aliphatic carbocycles. The van der Waals surface area contributed by atoms with Gasteiger partial charge in [-0.1, -0.05) is 30.3 Å². The minimum atomic E-state index is -3.26. The second kappa shape index (κ2) is 7.59. The number of hydrogen-bond donors (Lipinski definition) is 2. The summed E-state index contributed by atoms with van der Waals surface area (Å²) in [7, 11) is 0.799. The van der Waals surface area contributed by atoms with Crippen LogP contribution < -0.4 is 10.2 Å². The summed E-state index contributed by atoms with van der Waals surface area (Å²) in [6.45, 7) is 0.747. The molecule has 0 spiro atoms. The van der Waals surface area contributed by atoms with Gasteiger partial charge in [-0.3, -0.25) is 4.79 Å². The van der Waals surface area contributed by atoms with Gasteiger partial charge < -0.3 is 10.2 Å². The van der Waals surface area contributed by atoms with Crippen LogP contribution >= 0.6 is 0 Å². The van der Waals surface area contributed by atoms with Gasteiger partial charge in [-0.05, 0) is 29.8 Å². The summed E-state index contributed by atoms with van der Waals surface area (Å²) in [4.78, 5) is 13.9. The Morgan fingerprint density at radius 1 is 1.04 bits per heavy atom. The Balaban J connectivity index is 2.18. The normalized spacial score (nSPS) is 12.8. The maximum absolute atomic E-state index is 12.5. The summed E-state index contributed by atoms with van der Waals surface area (Å²) >= 11 is 0. The Bertz CT molecular complexity index is 785. The molecule has 0 unspecified atom stereocenters. The monoisotopic (exact) mass is 347 g/mol. The fraction of sp³-hybridized carbons (Fsp3) is 0.278. The van der Waals surface area contributed by atoms with Gasteiger partial charge in [0.2, 0.25) is 0 Å². The summed E-state index contributed by atoms with van der Waals surface area (Å²) in [5.74, 6) is -0.217. The second-order valence-corrected chi connectivity index (χ2v) is 8.16. The van der Waals surface area contributed by atoms with Gasteiger partial charge in [0.1, 0.15) is 12.6 Å². The van der Waals surface area contributed by atoms with Crippen LogP contribution in [0.3, 0.4) is 0 Å². The number of carbonyl (C=O) groups is 1. The van der Waals surface area contributed by atoms with Gasteiger partial charge in [-0.15, -0.1) is 0 Å². The van der Waals surface area contributed by atoms with Gasteiger partial charge in [0.05, 0.1) is 19.0 Å². The van der Waals surface area contributed by atoms with Crippen molar-refractivity contribution >= 4 is 15.7 Å². The Kier molecular flexibility index (Phi) is 5.75. The lowest BCUT2D eigenvalue weighted by Crippen LogP contribution is -3.06. The summed E-state index contributed by atoms with van der Waals surface area (Å²) in [6, 6.07) is 15.7. The molecule has 0 saturated heterocycles. The highest BCUT2D eigenvalue weighted by Gasteiger charge is 2.19. The van der Waals surface area contributed by atoms with Crippen molar-refractivity contribution in [1.82, 2.24) is 5.32 Å². The van der Waals surface area contributed by atoms with E-state index < -0.39 is 9.84 Å².